The number of anilines is 2. The molecule has 4 heterocycles. The Morgan fingerprint density at radius 1 is 0.632 bits per heavy atom. The number of ether oxygens (including phenoxy) is 2. The van der Waals surface area contributed by atoms with Crippen molar-refractivity contribution in [3.8, 4) is 0 Å². The molecule has 0 aliphatic carbocycles. The molecule has 2 unspecified atom stereocenters. The smallest absolute Gasteiger partial charge is 0.335 e. The second-order valence-electron chi connectivity index (χ2n) is 10.4. The van der Waals surface area contributed by atoms with E-state index in [4.69, 9.17) is 9.47 Å². The van der Waals surface area contributed by atoms with Crippen molar-refractivity contribution in [2.24, 2.45) is 0 Å². The van der Waals surface area contributed by atoms with Crippen molar-refractivity contribution in [3.63, 3.8) is 0 Å². The summed E-state index contributed by atoms with van der Waals surface area (Å²) >= 11 is 0. The molecule has 0 bridgehead atoms. The van der Waals surface area contributed by atoms with Crippen LogP contribution in [0.25, 0.3) is 0 Å². The van der Waals surface area contributed by atoms with Crippen LogP contribution in [0.15, 0.2) is 72.8 Å². The lowest BCUT2D eigenvalue weighted by molar-refractivity contribution is -0.156. The molecule has 8 nitrogen and oxygen atoms in total. The van der Waals surface area contributed by atoms with E-state index in [0.717, 1.165) is 37.1 Å². The van der Waals surface area contributed by atoms with Gasteiger partial charge in [-0.05, 0) is 25.0 Å². The Labute approximate surface area is 220 Å². The standard InChI is InChI=1S/C30H28N2O6/c1-19-17-29(37-25(19)33)21-11-5-7-13-23(21)31(27(29)35)15-9-3-4-10-16-32-24-14-8-6-12-22(24)30(28(32)36)18-20(2)26(34)38-30/h5-8,11-14H,1-4,9-10,15-18H2. The van der Waals surface area contributed by atoms with Gasteiger partial charge >= 0.3 is 11.9 Å². The Morgan fingerprint density at radius 2 is 1.03 bits per heavy atom. The highest BCUT2D eigenvalue weighted by Gasteiger charge is 2.59. The Hall–Kier alpha value is -4.20. The van der Waals surface area contributed by atoms with Gasteiger partial charge in [0.2, 0.25) is 11.2 Å². The number of rotatable bonds is 7. The normalized spacial score (nSPS) is 25.6. The summed E-state index contributed by atoms with van der Waals surface area (Å²) in [6.45, 7) is 8.54. The van der Waals surface area contributed by atoms with Crippen LogP contribution in [0, 0.1) is 0 Å². The fourth-order valence-electron chi connectivity index (χ4n) is 6.14. The highest BCUT2D eigenvalue weighted by atomic mass is 16.6. The molecule has 2 spiro atoms. The molecule has 0 N–H and O–H groups in total. The Morgan fingerprint density at radius 3 is 1.39 bits per heavy atom. The van der Waals surface area contributed by atoms with Gasteiger partial charge in [-0.3, -0.25) is 9.59 Å². The molecule has 4 aliphatic rings. The van der Waals surface area contributed by atoms with Crippen molar-refractivity contribution in [3.05, 3.63) is 84.0 Å². The molecule has 0 saturated carbocycles. The zero-order chi connectivity index (χ0) is 26.7. The van der Waals surface area contributed by atoms with Gasteiger partial charge in [-0.25, -0.2) is 9.59 Å². The first-order valence-electron chi connectivity index (χ1n) is 12.9. The van der Waals surface area contributed by atoms with Crippen LogP contribution in [0.5, 0.6) is 0 Å². The summed E-state index contributed by atoms with van der Waals surface area (Å²) in [5.41, 5.74) is 1.02. The number of esters is 2. The minimum Gasteiger partial charge on any atom is -0.440 e. The number of amides is 2. The van der Waals surface area contributed by atoms with Gasteiger partial charge < -0.3 is 19.3 Å². The van der Waals surface area contributed by atoms with Crippen molar-refractivity contribution < 1.29 is 28.7 Å². The first-order valence-corrected chi connectivity index (χ1v) is 12.9. The third-order valence-corrected chi connectivity index (χ3v) is 7.99. The second-order valence-corrected chi connectivity index (χ2v) is 10.4. The lowest BCUT2D eigenvalue weighted by Gasteiger charge is -2.23. The molecule has 8 heteroatoms. The van der Waals surface area contributed by atoms with Crippen LogP contribution in [-0.2, 0) is 39.9 Å². The monoisotopic (exact) mass is 512 g/mol. The predicted octanol–water partition coefficient (Wildman–Crippen LogP) is 4.04. The van der Waals surface area contributed by atoms with Crippen LogP contribution in [0.1, 0.15) is 49.7 Å². The molecule has 2 saturated heterocycles. The lowest BCUT2D eigenvalue weighted by atomic mass is 9.91. The number of fused-ring (bicyclic) bond motifs is 4. The number of hydrogen-bond acceptors (Lipinski definition) is 6. The van der Waals surface area contributed by atoms with Gasteiger partial charge in [0, 0.05) is 48.2 Å². The van der Waals surface area contributed by atoms with E-state index < -0.39 is 23.1 Å². The minimum atomic E-state index is -1.29. The molecule has 194 valence electrons. The van der Waals surface area contributed by atoms with Gasteiger partial charge in [-0.2, -0.15) is 0 Å². The molecular formula is C30H28N2O6. The van der Waals surface area contributed by atoms with Gasteiger partial charge in [0.1, 0.15) is 0 Å². The van der Waals surface area contributed by atoms with Crippen molar-refractivity contribution in [1.82, 2.24) is 0 Å². The van der Waals surface area contributed by atoms with Gasteiger partial charge in [0.05, 0.1) is 11.4 Å². The van der Waals surface area contributed by atoms with Crippen molar-refractivity contribution in [2.45, 2.75) is 49.7 Å². The first kappa shape index (κ1) is 24.2. The van der Waals surface area contributed by atoms with Crippen LogP contribution >= 0.6 is 0 Å². The SMILES string of the molecule is C=C1CC2(OC1=O)C(=O)N(CCCCCCN1C(=O)C3(CC(=C)C(=O)O3)c3ccccc31)c1ccccc12. The molecule has 0 aromatic heterocycles. The van der Waals surface area contributed by atoms with Gasteiger partial charge in [-0.15, -0.1) is 0 Å². The lowest BCUT2D eigenvalue weighted by Crippen LogP contribution is -2.41. The number of carbonyl (C=O) groups is 4. The molecule has 0 radical (unpaired) electrons. The predicted molar refractivity (Wildman–Crippen MR) is 139 cm³/mol. The van der Waals surface area contributed by atoms with Crippen molar-refractivity contribution in [1.29, 1.82) is 0 Å². The maximum atomic E-state index is 13.4. The largest absolute Gasteiger partial charge is 0.440 e. The topological polar surface area (TPSA) is 93.2 Å². The molecule has 2 fully saturated rings. The summed E-state index contributed by atoms with van der Waals surface area (Å²) in [5.74, 6) is -1.48. The van der Waals surface area contributed by atoms with Crippen LogP contribution in [0.3, 0.4) is 0 Å². The van der Waals surface area contributed by atoms with E-state index in [2.05, 4.69) is 13.2 Å². The zero-order valence-electron chi connectivity index (χ0n) is 21.0. The van der Waals surface area contributed by atoms with Crippen LogP contribution in [-0.4, -0.2) is 36.8 Å². The van der Waals surface area contributed by atoms with E-state index in [-0.39, 0.29) is 24.7 Å². The van der Waals surface area contributed by atoms with Gasteiger partial charge in [0.25, 0.3) is 11.8 Å². The molecule has 6 rings (SSSR count). The third-order valence-electron chi connectivity index (χ3n) is 7.99. The van der Waals surface area contributed by atoms with E-state index >= 15 is 0 Å². The molecular weight excluding hydrogens is 484 g/mol. The van der Waals surface area contributed by atoms with E-state index in [1.165, 1.54) is 0 Å². The van der Waals surface area contributed by atoms with Crippen molar-refractivity contribution in [2.75, 3.05) is 22.9 Å². The van der Waals surface area contributed by atoms with E-state index in [1.807, 2.05) is 48.5 Å². The maximum absolute atomic E-state index is 13.4. The number of hydrogen-bond donors (Lipinski definition) is 0. The fourth-order valence-corrected chi connectivity index (χ4v) is 6.14. The maximum Gasteiger partial charge on any atom is 0.335 e. The summed E-state index contributed by atoms with van der Waals surface area (Å²) in [7, 11) is 0. The first-order chi connectivity index (χ1) is 18.3. The van der Waals surface area contributed by atoms with Crippen LogP contribution in [0.2, 0.25) is 0 Å². The number of unbranched alkanes of at least 4 members (excludes halogenated alkanes) is 3. The number of benzene rings is 2. The summed E-state index contributed by atoms with van der Waals surface area (Å²) < 4.78 is 11.2. The average Bonchev–Trinajstić information content (AvgIpc) is 3.54. The fraction of sp³-hybridized carbons (Fsp3) is 0.333. The summed E-state index contributed by atoms with van der Waals surface area (Å²) in [4.78, 5) is 54.5. The van der Waals surface area contributed by atoms with Crippen molar-refractivity contribution >= 4 is 35.1 Å². The molecule has 2 amide bonds. The summed E-state index contributed by atoms with van der Waals surface area (Å²) in [6.07, 6.45) is 3.58. The molecule has 38 heavy (non-hydrogen) atoms. The second kappa shape index (κ2) is 8.68. The quantitative estimate of drug-likeness (QED) is 0.316. The third kappa shape index (κ3) is 3.36. The average molecular weight is 513 g/mol. The van der Waals surface area contributed by atoms with Crippen LogP contribution in [0.4, 0.5) is 11.4 Å². The Balaban J connectivity index is 1.07. The van der Waals surface area contributed by atoms with E-state index in [9.17, 15) is 19.2 Å². The minimum absolute atomic E-state index is 0.174. The molecule has 2 aromatic rings. The molecule has 4 aliphatic heterocycles. The summed E-state index contributed by atoms with van der Waals surface area (Å²) in [6, 6.07) is 14.9. The number of nitrogens with zero attached hydrogens (tertiary/aromatic N) is 2. The Bertz CT molecular complexity index is 1290. The van der Waals surface area contributed by atoms with E-state index in [0.29, 0.717) is 35.4 Å². The zero-order valence-corrected chi connectivity index (χ0v) is 21.0. The molecule has 2 aromatic carbocycles. The van der Waals surface area contributed by atoms with Crippen LogP contribution < -0.4 is 9.80 Å². The van der Waals surface area contributed by atoms with E-state index in [1.54, 1.807) is 9.80 Å². The number of carbonyl (C=O) groups excluding carboxylic acids is 4. The Kier molecular flexibility index (Phi) is 5.52. The number of para-hydroxylation sites is 2. The highest BCUT2D eigenvalue weighted by molar-refractivity contribution is 6.12. The summed E-state index contributed by atoms with van der Waals surface area (Å²) in [5, 5.41) is 0. The highest BCUT2D eigenvalue weighted by Crippen LogP contribution is 2.51. The van der Waals surface area contributed by atoms with Gasteiger partial charge in [0.15, 0.2) is 0 Å². The van der Waals surface area contributed by atoms with Gasteiger partial charge in [-0.1, -0.05) is 62.4 Å². The molecule has 2 atom stereocenters.